The van der Waals surface area contributed by atoms with Crippen LogP contribution in [0, 0.1) is 11.8 Å². The molecule has 0 aromatic heterocycles. The molecule has 1 aliphatic heterocycles. The molecule has 0 spiro atoms. The summed E-state index contributed by atoms with van der Waals surface area (Å²) >= 11 is 0. The van der Waals surface area contributed by atoms with Gasteiger partial charge in [0.15, 0.2) is 5.96 Å². The number of likely N-dealkylation sites (tertiary alicyclic amines) is 1. The highest BCUT2D eigenvalue weighted by atomic mass is 127. The molecule has 8 heteroatoms. The number of esters is 1. The third-order valence-corrected chi connectivity index (χ3v) is 4.75. The number of hydrogen-bond donors (Lipinski definition) is 2. The molecular formula is C21H33IN4O3. The minimum absolute atomic E-state index is 0. The summed E-state index contributed by atoms with van der Waals surface area (Å²) in [5, 5.41) is 6.25. The van der Waals surface area contributed by atoms with E-state index < -0.39 is 0 Å². The van der Waals surface area contributed by atoms with Crippen LogP contribution < -0.4 is 10.6 Å². The van der Waals surface area contributed by atoms with Crippen molar-refractivity contribution >= 4 is 47.5 Å². The number of amides is 1. The van der Waals surface area contributed by atoms with E-state index in [1.54, 1.807) is 7.05 Å². The van der Waals surface area contributed by atoms with Crippen molar-refractivity contribution in [2.75, 3.05) is 32.1 Å². The predicted molar refractivity (Wildman–Crippen MR) is 126 cm³/mol. The molecule has 0 bridgehead atoms. The highest BCUT2D eigenvalue weighted by molar-refractivity contribution is 14.0. The molecule has 2 rings (SSSR count). The van der Waals surface area contributed by atoms with Crippen LogP contribution in [0.4, 0.5) is 5.69 Å². The van der Waals surface area contributed by atoms with Gasteiger partial charge in [-0.15, -0.1) is 24.0 Å². The standard InChI is InChI=1S/C21H32N4O3.HI/c1-5-28-20(27)17-7-6-12-25(14-17)21(22-4)23-13-16-8-10-18(11-9-16)24-19(26)15(2)3;/h8-11,15,17H,5-7,12-14H2,1-4H3,(H,22,23)(H,24,26);1H. The van der Waals surface area contributed by atoms with Gasteiger partial charge in [0.05, 0.1) is 12.5 Å². The third-order valence-electron chi connectivity index (χ3n) is 4.75. The Morgan fingerprint density at radius 1 is 1.28 bits per heavy atom. The van der Waals surface area contributed by atoms with Gasteiger partial charge in [0.2, 0.25) is 5.91 Å². The lowest BCUT2D eigenvalue weighted by atomic mass is 9.98. The van der Waals surface area contributed by atoms with E-state index in [2.05, 4.69) is 20.5 Å². The highest BCUT2D eigenvalue weighted by Crippen LogP contribution is 2.18. The Bertz CT molecular complexity index is 692. The maximum Gasteiger partial charge on any atom is 0.310 e. The molecule has 1 aromatic rings. The minimum atomic E-state index is -0.123. The van der Waals surface area contributed by atoms with Crippen LogP contribution in [0.2, 0.25) is 0 Å². The molecule has 0 aliphatic carbocycles. The average molecular weight is 516 g/mol. The number of benzene rings is 1. The van der Waals surface area contributed by atoms with Crippen LogP contribution in [0.5, 0.6) is 0 Å². The van der Waals surface area contributed by atoms with E-state index in [0.29, 0.717) is 19.7 Å². The Labute approximate surface area is 190 Å². The van der Waals surface area contributed by atoms with Crippen molar-refractivity contribution in [1.29, 1.82) is 0 Å². The number of nitrogens with zero attached hydrogens (tertiary/aromatic N) is 2. The van der Waals surface area contributed by atoms with Crippen LogP contribution in [0.3, 0.4) is 0 Å². The predicted octanol–water partition coefficient (Wildman–Crippen LogP) is 3.25. The third kappa shape index (κ3) is 7.83. The van der Waals surface area contributed by atoms with E-state index in [0.717, 1.165) is 36.6 Å². The van der Waals surface area contributed by atoms with E-state index in [4.69, 9.17) is 4.74 Å². The maximum absolute atomic E-state index is 12.0. The highest BCUT2D eigenvalue weighted by Gasteiger charge is 2.28. The fourth-order valence-corrected chi connectivity index (χ4v) is 3.13. The lowest BCUT2D eigenvalue weighted by Gasteiger charge is -2.34. The molecule has 162 valence electrons. The SMILES string of the molecule is CCOC(=O)C1CCCN(C(=NC)NCc2ccc(NC(=O)C(C)C)cc2)C1.I. The number of ether oxygens (including phenoxy) is 1. The fourth-order valence-electron chi connectivity index (χ4n) is 3.13. The number of carbonyl (C=O) groups excluding carboxylic acids is 2. The zero-order chi connectivity index (χ0) is 20.5. The summed E-state index contributed by atoms with van der Waals surface area (Å²) in [5.74, 6) is 0.518. The first kappa shape index (κ1) is 25.2. The molecule has 1 atom stereocenters. The quantitative estimate of drug-likeness (QED) is 0.263. The van der Waals surface area contributed by atoms with Crippen LogP contribution in [-0.4, -0.2) is 49.5 Å². The Morgan fingerprint density at radius 2 is 1.97 bits per heavy atom. The smallest absolute Gasteiger partial charge is 0.310 e. The number of aliphatic imine (C=N–C) groups is 1. The van der Waals surface area contributed by atoms with Crippen LogP contribution in [-0.2, 0) is 20.9 Å². The number of nitrogens with one attached hydrogen (secondary N) is 2. The normalized spacial score (nSPS) is 16.8. The molecule has 1 aromatic carbocycles. The van der Waals surface area contributed by atoms with Gasteiger partial charge in [-0.25, -0.2) is 0 Å². The molecule has 1 unspecified atom stereocenters. The topological polar surface area (TPSA) is 83.0 Å². The minimum Gasteiger partial charge on any atom is -0.466 e. The lowest BCUT2D eigenvalue weighted by molar-refractivity contribution is -0.149. The van der Waals surface area contributed by atoms with Crippen molar-refractivity contribution in [1.82, 2.24) is 10.2 Å². The summed E-state index contributed by atoms with van der Waals surface area (Å²) in [4.78, 5) is 30.3. The number of rotatable bonds is 6. The first-order valence-corrected chi connectivity index (χ1v) is 9.96. The molecule has 1 amide bonds. The van der Waals surface area contributed by atoms with Crippen LogP contribution >= 0.6 is 24.0 Å². The van der Waals surface area contributed by atoms with E-state index in [-0.39, 0.29) is 47.7 Å². The molecule has 1 fully saturated rings. The molecule has 7 nitrogen and oxygen atoms in total. The molecule has 1 aliphatic rings. The first-order valence-electron chi connectivity index (χ1n) is 9.96. The van der Waals surface area contributed by atoms with Gasteiger partial charge in [0.25, 0.3) is 0 Å². The molecule has 1 heterocycles. The number of carbonyl (C=O) groups is 2. The van der Waals surface area contributed by atoms with E-state index in [9.17, 15) is 9.59 Å². The van der Waals surface area contributed by atoms with Crippen molar-refractivity contribution in [2.45, 2.75) is 40.2 Å². The number of halogens is 1. The summed E-state index contributed by atoms with van der Waals surface area (Å²) in [5.41, 5.74) is 1.88. The molecule has 0 radical (unpaired) electrons. The van der Waals surface area contributed by atoms with Gasteiger partial charge in [-0.1, -0.05) is 26.0 Å². The van der Waals surface area contributed by atoms with Gasteiger partial charge in [0.1, 0.15) is 0 Å². The van der Waals surface area contributed by atoms with Gasteiger partial charge in [-0.2, -0.15) is 0 Å². The number of hydrogen-bond acceptors (Lipinski definition) is 4. The van der Waals surface area contributed by atoms with E-state index in [1.165, 1.54) is 0 Å². The second-order valence-electron chi connectivity index (χ2n) is 7.28. The second-order valence-corrected chi connectivity index (χ2v) is 7.28. The number of anilines is 1. The Hall–Kier alpha value is -1.84. The molecule has 2 N–H and O–H groups in total. The van der Waals surface area contributed by atoms with E-state index >= 15 is 0 Å². The van der Waals surface area contributed by atoms with Gasteiger partial charge in [-0.3, -0.25) is 14.6 Å². The van der Waals surface area contributed by atoms with Gasteiger partial charge >= 0.3 is 5.97 Å². The van der Waals surface area contributed by atoms with Crippen molar-refractivity contribution in [2.24, 2.45) is 16.8 Å². The molecule has 1 saturated heterocycles. The summed E-state index contributed by atoms with van der Waals surface area (Å²) in [7, 11) is 1.75. The van der Waals surface area contributed by atoms with Gasteiger partial charge in [-0.05, 0) is 37.5 Å². The fraction of sp³-hybridized carbons (Fsp3) is 0.571. The van der Waals surface area contributed by atoms with Gasteiger partial charge in [0, 0.05) is 38.3 Å². The van der Waals surface area contributed by atoms with Crippen LogP contribution in [0.1, 0.15) is 39.2 Å². The summed E-state index contributed by atoms with van der Waals surface area (Å²) < 4.78 is 5.17. The zero-order valence-electron chi connectivity index (χ0n) is 17.7. The van der Waals surface area contributed by atoms with Crippen molar-refractivity contribution in [3.05, 3.63) is 29.8 Å². The monoisotopic (exact) mass is 516 g/mol. The number of guanidine groups is 1. The summed E-state index contributed by atoms with van der Waals surface area (Å²) in [6.07, 6.45) is 1.80. The molecule has 29 heavy (non-hydrogen) atoms. The van der Waals surface area contributed by atoms with Crippen LogP contribution in [0.25, 0.3) is 0 Å². The van der Waals surface area contributed by atoms with Crippen molar-refractivity contribution in [3.63, 3.8) is 0 Å². The first-order chi connectivity index (χ1) is 13.4. The van der Waals surface area contributed by atoms with Gasteiger partial charge < -0.3 is 20.3 Å². The Balaban J connectivity index is 0.00000420. The number of piperidine rings is 1. The lowest BCUT2D eigenvalue weighted by Crippen LogP contribution is -2.48. The Kier molecular flexibility index (Phi) is 11.0. The average Bonchev–Trinajstić information content (AvgIpc) is 2.70. The zero-order valence-corrected chi connectivity index (χ0v) is 20.1. The van der Waals surface area contributed by atoms with Crippen molar-refractivity contribution in [3.8, 4) is 0 Å². The molecule has 0 saturated carbocycles. The molecular weight excluding hydrogens is 483 g/mol. The second kappa shape index (κ2) is 12.7. The van der Waals surface area contributed by atoms with E-state index in [1.807, 2.05) is 45.0 Å². The summed E-state index contributed by atoms with van der Waals surface area (Å²) in [6, 6.07) is 7.76. The van der Waals surface area contributed by atoms with Crippen LogP contribution in [0.15, 0.2) is 29.3 Å². The maximum atomic E-state index is 12.0. The summed E-state index contributed by atoms with van der Waals surface area (Å²) in [6.45, 7) is 8.09. The largest absolute Gasteiger partial charge is 0.466 e. The Morgan fingerprint density at radius 3 is 2.55 bits per heavy atom. The van der Waals surface area contributed by atoms with Crippen molar-refractivity contribution < 1.29 is 14.3 Å².